The lowest BCUT2D eigenvalue weighted by Gasteiger charge is -2.20. The van der Waals surface area contributed by atoms with Crippen molar-refractivity contribution in [3.8, 4) is 0 Å². The third kappa shape index (κ3) is 4.17. The summed E-state index contributed by atoms with van der Waals surface area (Å²) in [6.07, 6.45) is 5.99. The average molecular weight is 350 g/mol. The summed E-state index contributed by atoms with van der Waals surface area (Å²) in [5.74, 6) is 1.14. The van der Waals surface area contributed by atoms with Gasteiger partial charge >= 0.3 is 0 Å². The summed E-state index contributed by atoms with van der Waals surface area (Å²) >= 11 is 3.64. The van der Waals surface area contributed by atoms with Crippen LogP contribution < -0.4 is 5.32 Å². The van der Waals surface area contributed by atoms with Gasteiger partial charge in [-0.2, -0.15) is 0 Å². The van der Waals surface area contributed by atoms with Crippen LogP contribution in [0.3, 0.4) is 0 Å². The Balaban J connectivity index is 2.23. The van der Waals surface area contributed by atoms with E-state index in [1.54, 1.807) is 0 Å². The molecule has 0 radical (unpaired) electrons. The molecule has 4 heteroatoms. The minimum Gasteiger partial charge on any atom is -0.335 e. The van der Waals surface area contributed by atoms with Gasteiger partial charge in [0.1, 0.15) is 5.82 Å². The maximum Gasteiger partial charge on any atom is 0.110 e. The first kappa shape index (κ1) is 16.2. The third-order valence-corrected chi connectivity index (χ3v) is 4.62. The minimum absolute atomic E-state index is 0.301. The summed E-state index contributed by atoms with van der Waals surface area (Å²) in [5, 5.41) is 3.65. The molecule has 1 atom stereocenters. The molecule has 0 amide bonds. The number of rotatable bonds is 7. The molecule has 21 heavy (non-hydrogen) atoms. The van der Waals surface area contributed by atoms with E-state index in [0.717, 1.165) is 31.8 Å². The lowest BCUT2D eigenvalue weighted by atomic mass is 10.0. The van der Waals surface area contributed by atoms with Crippen molar-refractivity contribution < 1.29 is 0 Å². The lowest BCUT2D eigenvalue weighted by molar-refractivity contribution is 0.506. The van der Waals surface area contributed by atoms with E-state index in [9.17, 15) is 0 Å². The van der Waals surface area contributed by atoms with Crippen LogP contribution in [-0.4, -0.2) is 16.1 Å². The lowest BCUT2D eigenvalue weighted by Crippen LogP contribution is -2.25. The summed E-state index contributed by atoms with van der Waals surface area (Å²) in [7, 11) is 0. The van der Waals surface area contributed by atoms with E-state index < -0.39 is 0 Å². The Hall–Kier alpha value is -1.13. The second-order valence-corrected chi connectivity index (χ2v) is 6.20. The summed E-state index contributed by atoms with van der Waals surface area (Å²) < 4.78 is 3.38. The number of halogens is 1. The summed E-state index contributed by atoms with van der Waals surface area (Å²) in [4.78, 5) is 4.51. The van der Waals surface area contributed by atoms with Gasteiger partial charge in [0.2, 0.25) is 0 Å². The maximum atomic E-state index is 4.51. The SMILES string of the molecule is CCCNC(Cc1nccn1CC)c1ccc(C)c(Br)c1. The molecule has 1 aromatic heterocycles. The van der Waals surface area contributed by atoms with Crippen molar-refractivity contribution in [2.24, 2.45) is 0 Å². The Morgan fingerprint density at radius 1 is 1.33 bits per heavy atom. The molecule has 1 aromatic carbocycles. The van der Waals surface area contributed by atoms with Crippen molar-refractivity contribution in [3.63, 3.8) is 0 Å². The summed E-state index contributed by atoms with van der Waals surface area (Å²) in [6.45, 7) is 8.45. The van der Waals surface area contributed by atoms with Gasteiger partial charge in [0.05, 0.1) is 0 Å². The van der Waals surface area contributed by atoms with Gasteiger partial charge in [-0.25, -0.2) is 4.98 Å². The monoisotopic (exact) mass is 349 g/mol. The number of hydrogen-bond donors (Lipinski definition) is 1. The Bertz CT molecular complexity index is 577. The Morgan fingerprint density at radius 2 is 2.14 bits per heavy atom. The molecule has 1 unspecified atom stereocenters. The minimum atomic E-state index is 0.301. The van der Waals surface area contributed by atoms with Crippen LogP contribution >= 0.6 is 15.9 Å². The molecule has 114 valence electrons. The number of imidazole rings is 1. The van der Waals surface area contributed by atoms with Crippen molar-refractivity contribution in [3.05, 3.63) is 52.0 Å². The molecule has 0 bridgehead atoms. The summed E-state index contributed by atoms with van der Waals surface area (Å²) in [5.41, 5.74) is 2.58. The molecule has 0 spiro atoms. The smallest absolute Gasteiger partial charge is 0.110 e. The molecule has 0 aliphatic carbocycles. The second kappa shape index (κ2) is 7.76. The van der Waals surface area contributed by atoms with Crippen LogP contribution in [0.1, 0.15) is 43.3 Å². The van der Waals surface area contributed by atoms with Crippen LogP contribution in [0.2, 0.25) is 0 Å². The fourth-order valence-corrected chi connectivity index (χ4v) is 2.85. The van der Waals surface area contributed by atoms with Gasteiger partial charge in [-0.1, -0.05) is 35.0 Å². The van der Waals surface area contributed by atoms with Crippen LogP contribution in [0.4, 0.5) is 0 Å². The predicted molar refractivity (Wildman–Crippen MR) is 91.5 cm³/mol. The highest BCUT2D eigenvalue weighted by Crippen LogP contribution is 2.24. The number of nitrogens with one attached hydrogen (secondary N) is 1. The van der Waals surface area contributed by atoms with Crippen molar-refractivity contribution in [1.29, 1.82) is 0 Å². The van der Waals surface area contributed by atoms with E-state index in [1.165, 1.54) is 15.6 Å². The fraction of sp³-hybridized carbons (Fsp3) is 0.471. The third-order valence-electron chi connectivity index (χ3n) is 3.77. The molecule has 2 aromatic rings. The molecule has 0 aliphatic heterocycles. The van der Waals surface area contributed by atoms with Crippen LogP contribution in [0.5, 0.6) is 0 Å². The molecular formula is C17H24BrN3. The predicted octanol–water partition coefficient (Wildman–Crippen LogP) is 4.26. The Labute approximate surface area is 135 Å². The van der Waals surface area contributed by atoms with Crippen LogP contribution in [0, 0.1) is 6.92 Å². The molecule has 3 nitrogen and oxygen atoms in total. The Morgan fingerprint density at radius 3 is 2.81 bits per heavy atom. The van der Waals surface area contributed by atoms with Gasteiger partial charge in [-0.05, 0) is 44.0 Å². The van der Waals surface area contributed by atoms with Crippen molar-refractivity contribution in [2.75, 3.05) is 6.54 Å². The van der Waals surface area contributed by atoms with Crippen molar-refractivity contribution in [1.82, 2.24) is 14.9 Å². The Kier molecular flexibility index (Phi) is 6.00. The molecule has 0 aliphatic rings. The second-order valence-electron chi connectivity index (χ2n) is 5.35. The van der Waals surface area contributed by atoms with E-state index in [2.05, 4.69) is 76.0 Å². The highest BCUT2D eigenvalue weighted by molar-refractivity contribution is 9.10. The molecule has 0 fully saturated rings. The highest BCUT2D eigenvalue weighted by atomic mass is 79.9. The number of hydrogen-bond acceptors (Lipinski definition) is 2. The number of aryl methyl sites for hydroxylation is 2. The van der Waals surface area contributed by atoms with Gasteiger partial charge in [-0.3, -0.25) is 0 Å². The zero-order valence-corrected chi connectivity index (χ0v) is 14.7. The summed E-state index contributed by atoms with van der Waals surface area (Å²) in [6, 6.07) is 6.91. The molecule has 1 N–H and O–H groups in total. The molecule has 2 rings (SSSR count). The maximum absolute atomic E-state index is 4.51. The largest absolute Gasteiger partial charge is 0.335 e. The van der Waals surface area contributed by atoms with Crippen molar-refractivity contribution >= 4 is 15.9 Å². The van der Waals surface area contributed by atoms with Crippen LogP contribution in [-0.2, 0) is 13.0 Å². The van der Waals surface area contributed by atoms with Crippen LogP contribution in [0.15, 0.2) is 35.1 Å². The van der Waals surface area contributed by atoms with E-state index in [0.29, 0.717) is 6.04 Å². The quantitative estimate of drug-likeness (QED) is 0.809. The molecule has 1 heterocycles. The normalized spacial score (nSPS) is 12.6. The first-order chi connectivity index (χ1) is 10.2. The van der Waals surface area contributed by atoms with Gasteiger partial charge in [0.25, 0.3) is 0 Å². The molecular weight excluding hydrogens is 326 g/mol. The van der Waals surface area contributed by atoms with Crippen molar-refractivity contribution in [2.45, 2.75) is 46.2 Å². The van der Waals surface area contributed by atoms with E-state index in [-0.39, 0.29) is 0 Å². The molecule has 0 saturated heterocycles. The van der Waals surface area contributed by atoms with Gasteiger partial charge in [-0.15, -0.1) is 0 Å². The highest BCUT2D eigenvalue weighted by Gasteiger charge is 2.15. The number of aromatic nitrogens is 2. The number of nitrogens with zero attached hydrogens (tertiary/aromatic N) is 2. The van der Waals surface area contributed by atoms with E-state index >= 15 is 0 Å². The zero-order chi connectivity index (χ0) is 15.2. The average Bonchev–Trinajstić information content (AvgIpc) is 2.93. The van der Waals surface area contributed by atoms with E-state index in [1.807, 2.05) is 6.20 Å². The van der Waals surface area contributed by atoms with Gasteiger partial charge in [0, 0.05) is 35.9 Å². The zero-order valence-electron chi connectivity index (χ0n) is 13.1. The molecule has 0 saturated carbocycles. The first-order valence-electron chi connectivity index (χ1n) is 7.65. The standard InChI is InChI=1S/C17H24BrN3/c1-4-8-19-16(12-17-20-9-10-21(17)5-2)14-7-6-13(3)15(18)11-14/h6-7,9-11,16,19H,4-5,8,12H2,1-3H3. The van der Waals surface area contributed by atoms with Gasteiger partial charge in [0.15, 0.2) is 0 Å². The topological polar surface area (TPSA) is 29.9 Å². The van der Waals surface area contributed by atoms with E-state index in [4.69, 9.17) is 0 Å². The number of benzene rings is 1. The van der Waals surface area contributed by atoms with Crippen LogP contribution in [0.25, 0.3) is 0 Å². The van der Waals surface area contributed by atoms with Gasteiger partial charge < -0.3 is 9.88 Å². The fourth-order valence-electron chi connectivity index (χ4n) is 2.45. The first-order valence-corrected chi connectivity index (χ1v) is 8.44.